The van der Waals surface area contributed by atoms with Crippen molar-refractivity contribution in [3.63, 3.8) is 0 Å². The fraction of sp³-hybridized carbons (Fsp3) is 1.00. The van der Waals surface area contributed by atoms with Gasteiger partial charge >= 0.3 is 0 Å². The number of aliphatic hydroxyl groups is 1. The van der Waals surface area contributed by atoms with Gasteiger partial charge in [0, 0.05) is 31.1 Å². The molecule has 0 spiro atoms. The van der Waals surface area contributed by atoms with E-state index in [0.717, 1.165) is 12.8 Å². The topological polar surface area (TPSA) is 38.7 Å². The molecule has 100 valence electrons. The average molecular weight is 260 g/mol. The van der Waals surface area contributed by atoms with Crippen LogP contribution in [0.25, 0.3) is 0 Å². The fourth-order valence-electron chi connectivity index (χ4n) is 3.18. The molecule has 0 aromatic rings. The van der Waals surface area contributed by atoms with Gasteiger partial charge in [-0.1, -0.05) is 6.42 Å². The molecular formula is C13H24O3S. The number of hydrogen-bond acceptors (Lipinski definition) is 4. The van der Waals surface area contributed by atoms with E-state index in [1.807, 2.05) is 6.92 Å². The predicted octanol–water partition coefficient (Wildman–Crippen LogP) is 2.56. The lowest BCUT2D eigenvalue weighted by molar-refractivity contribution is -0.225. The number of rotatable bonds is 4. The molecular weight excluding hydrogens is 236 g/mol. The zero-order valence-corrected chi connectivity index (χ0v) is 11.9. The van der Waals surface area contributed by atoms with Gasteiger partial charge in [0.2, 0.25) is 0 Å². The van der Waals surface area contributed by atoms with Crippen molar-refractivity contribution in [1.82, 2.24) is 0 Å². The average Bonchev–Trinajstić information content (AvgIpc) is 2.27. The van der Waals surface area contributed by atoms with E-state index in [-0.39, 0.29) is 0 Å². The third-order valence-corrected chi connectivity index (χ3v) is 5.74. The molecule has 0 aliphatic carbocycles. The molecule has 2 aliphatic heterocycles. The zero-order valence-electron chi connectivity index (χ0n) is 11.1. The van der Waals surface area contributed by atoms with Gasteiger partial charge in [-0.25, -0.2) is 0 Å². The van der Waals surface area contributed by atoms with E-state index in [0.29, 0.717) is 16.9 Å². The minimum absolute atomic E-state index is 0.570. The van der Waals surface area contributed by atoms with Crippen molar-refractivity contribution in [3.05, 3.63) is 0 Å². The van der Waals surface area contributed by atoms with Gasteiger partial charge in [0.1, 0.15) is 0 Å². The van der Waals surface area contributed by atoms with Gasteiger partial charge in [0.25, 0.3) is 0 Å². The van der Waals surface area contributed by atoms with Crippen LogP contribution in [0.1, 0.15) is 45.4 Å². The Morgan fingerprint density at radius 2 is 1.76 bits per heavy atom. The first kappa shape index (κ1) is 13.7. The molecule has 2 bridgehead atoms. The molecule has 0 aromatic heterocycles. The molecule has 3 nitrogen and oxygen atoms in total. The van der Waals surface area contributed by atoms with Crippen molar-refractivity contribution in [3.8, 4) is 0 Å². The van der Waals surface area contributed by atoms with Crippen LogP contribution in [0.5, 0.6) is 0 Å². The Bertz CT molecular complexity index is 253. The van der Waals surface area contributed by atoms with Crippen molar-refractivity contribution in [2.75, 3.05) is 14.2 Å². The zero-order chi connectivity index (χ0) is 12.5. The van der Waals surface area contributed by atoms with Crippen LogP contribution >= 0.6 is 11.8 Å². The number of hydrogen-bond donors (Lipinski definition) is 1. The monoisotopic (exact) mass is 260 g/mol. The first-order chi connectivity index (χ1) is 7.99. The second-order valence-electron chi connectivity index (χ2n) is 5.66. The predicted molar refractivity (Wildman–Crippen MR) is 70.2 cm³/mol. The van der Waals surface area contributed by atoms with Crippen LogP contribution in [0.2, 0.25) is 0 Å². The van der Waals surface area contributed by atoms with E-state index in [1.54, 1.807) is 14.2 Å². The largest absolute Gasteiger partial charge is 0.390 e. The smallest absolute Gasteiger partial charge is 0.167 e. The number of methoxy groups -OCH3 is 2. The van der Waals surface area contributed by atoms with Gasteiger partial charge in [-0.05, 0) is 32.6 Å². The van der Waals surface area contributed by atoms with E-state index in [4.69, 9.17) is 9.47 Å². The summed E-state index contributed by atoms with van der Waals surface area (Å²) in [6.07, 6.45) is 6.16. The Hall–Kier alpha value is 0.230. The number of fused-ring (bicyclic) bond motifs is 2. The summed E-state index contributed by atoms with van der Waals surface area (Å²) in [6, 6.07) is 0. The van der Waals surface area contributed by atoms with Crippen molar-refractivity contribution in [2.24, 2.45) is 0 Å². The van der Waals surface area contributed by atoms with Crippen LogP contribution in [0.15, 0.2) is 0 Å². The summed E-state index contributed by atoms with van der Waals surface area (Å²) in [5.74, 6) is -0.662. The summed E-state index contributed by atoms with van der Waals surface area (Å²) < 4.78 is 10.8. The highest BCUT2D eigenvalue weighted by Crippen LogP contribution is 2.48. The molecule has 1 N–H and O–H groups in total. The highest BCUT2D eigenvalue weighted by molar-refractivity contribution is 8.00. The van der Waals surface area contributed by atoms with E-state index in [2.05, 4.69) is 11.8 Å². The third kappa shape index (κ3) is 3.16. The first-order valence-corrected chi connectivity index (χ1v) is 7.41. The maximum absolute atomic E-state index is 10.8. The van der Waals surface area contributed by atoms with Gasteiger partial charge in [-0.2, -0.15) is 11.8 Å². The summed E-state index contributed by atoms with van der Waals surface area (Å²) in [7, 11) is 3.29. The standard InChI is InChI=1S/C13H24O3S/c1-12(15-2,16-3)9-13(14)7-10-5-4-6-11(8-13)17-10/h10-11,14H,4-9H2,1-3H3. The van der Waals surface area contributed by atoms with Crippen molar-refractivity contribution in [2.45, 2.75) is 67.3 Å². The van der Waals surface area contributed by atoms with Crippen molar-refractivity contribution >= 4 is 11.8 Å². The molecule has 2 saturated heterocycles. The molecule has 0 radical (unpaired) electrons. The SMILES string of the molecule is COC(C)(CC1(O)CC2CCCC(C1)S2)OC. The Morgan fingerprint density at radius 1 is 1.24 bits per heavy atom. The lowest BCUT2D eigenvalue weighted by Gasteiger charge is -2.46. The third-order valence-electron chi connectivity index (χ3n) is 4.17. The molecule has 0 amide bonds. The maximum Gasteiger partial charge on any atom is 0.167 e. The molecule has 2 heterocycles. The minimum Gasteiger partial charge on any atom is -0.390 e. The van der Waals surface area contributed by atoms with Crippen LogP contribution in [0.3, 0.4) is 0 Å². The Balaban J connectivity index is 2.03. The number of thioether (sulfide) groups is 1. The molecule has 4 heteroatoms. The lowest BCUT2D eigenvalue weighted by atomic mass is 9.81. The minimum atomic E-state index is -0.662. The summed E-state index contributed by atoms with van der Waals surface area (Å²) in [6.45, 7) is 1.91. The Kier molecular flexibility index (Phi) is 4.08. The number of ether oxygens (including phenoxy) is 2. The Labute approximate surface area is 108 Å². The molecule has 2 rings (SSSR count). The van der Waals surface area contributed by atoms with Gasteiger partial charge in [0.05, 0.1) is 5.60 Å². The molecule has 2 unspecified atom stereocenters. The van der Waals surface area contributed by atoms with Gasteiger partial charge in [0.15, 0.2) is 5.79 Å². The van der Waals surface area contributed by atoms with Crippen molar-refractivity contribution < 1.29 is 14.6 Å². The van der Waals surface area contributed by atoms with E-state index in [9.17, 15) is 5.11 Å². The molecule has 0 aromatic carbocycles. The highest BCUT2D eigenvalue weighted by atomic mass is 32.2. The molecule has 2 fully saturated rings. The van der Waals surface area contributed by atoms with Gasteiger partial charge in [-0.3, -0.25) is 0 Å². The van der Waals surface area contributed by atoms with Crippen LogP contribution in [-0.4, -0.2) is 41.2 Å². The van der Waals surface area contributed by atoms with E-state index in [1.165, 1.54) is 19.3 Å². The normalized spacial score (nSPS) is 38.1. The summed E-state index contributed by atoms with van der Waals surface area (Å²) in [5.41, 5.74) is -0.609. The van der Waals surface area contributed by atoms with Crippen LogP contribution in [0.4, 0.5) is 0 Å². The van der Waals surface area contributed by atoms with E-state index < -0.39 is 11.4 Å². The summed E-state index contributed by atoms with van der Waals surface area (Å²) in [4.78, 5) is 0. The molecule has 2 atom stereocenters. The molecule has 0 saturated carbocycles. The molecule has 17 heavy (non-hydrogen) atoms. The van der Waals surface area contributed by atoms with Gasteiger partial charge < -0.3 is 14.6 Å². The highest BCUT2D eigenvalue weighted by Gasteiger charge is 2.45. The van der Waals surface area contributed by atoms with Crippen LogP contribution < -0.4 is 0 Å². The fourth-order valence-corrected chi connectivity index (χ4v) is 5.15. The maximum atomic E-state index is 10.8. The first-order valence-electron chi connectivity index (χ1n) is 6.47. The molecule has 2 aliphatic rings. The second-order valence-corrected chi connectivity index (χ2v) is 7.27. The quantitative estimate of drug-likeness (QED) is 0.789. The Morgan fingerprint density at radius 3 is 2.24 bits per heavy atom. The lowest BCUT2D eigenvalue weighted by Crippen LogP contribution is -2.48. The van der Waals surface area contributed by atoms with Gasteiger partial charge in [-0.15, -0.1) is 0 Å². The second kappa shape index (κ2) is 5.08. The summed E-state index contributed by atoms with van der Waals surface area (Å²) >= 11 is 2.08. The summed E-state index contributed by atoms with van der Waals surface area (Å²) in [5, 5.41) is 12.1. The van der Waals surface area contributed by atoms with Crippen LogP contribution in [-0.2, 0) is 9.47 Å². The van der Waals surface area contributed by atoms with Crippen molar-refractivity contribution in [1.29, 1.82) is 0 Å². The van der Waals surface area contributed by atoms with E-state index >= 15 is 0 Å². The van der Waals surface area contributed by atoms with Crippen LogP contribution in [0, 0.1) is 0 Å².